The molecule has 0 aliphatic carbocycles. The summed E-state index contributed by atoms with van der Waals surface area (Å²) in [5, 5.41) is 3.33. The number of rotatable bonds is 10. The first kappa shape index (κ1) is 28.9. The molecule has 0 aliphatic rings. The van der Waals surface area contributed by atoms with Crippen molar-refractivity contribution in [3.63, 3.8) is 0 Å². The van der Waals surface area contributed by atoms with Gasteiger partial charge in [0.1, 0.15) is 12.6 Å². The third-order valence-corrected chi connectivity index (χ3v) is 8.31. The zero-order chi connectivity index (χ0) is 27.2. The third kappa shape index (κ3) is 7.68. The van der Waals surface area contributed by atoms with Crippen LogP contribution in [0.15, 0.2) is 83.8 Å². The van der Waals surface area contributed by atoms with Crippen molar-refractivity contribution >= 4 is 61.7 Å². The van der Waals surface area contributed by atoms with E-state index in [-0.39, 0.29) is 23.4 Å². The van der Waals surface area contributed by atoms with E-state index >= 15 is 0 Å². The monoisotopic (exact) mass is 653 g/mol. The zero-order valence-corrected chi connectivity index (χ0v) is 24.5. The minimum Gasteiger partial charge on any atom is -0.352 e. The summed E-state index contributed by atoms with van der Waals surface area (Å²) in [6, 6.07) is 20.8. The molecule has 0 fully saturated rings. The number of carbonyl (C=O) groups excluding carboxylic acids is 2. The predicted molar refractivity (Wildman–Crippen MR) is 155 cm³/mol. The van der Waals surface area contributed by atoms with Crippen LogP contribution in [0.5, 0.6) is 0 Å². The van der Waals surface area contributed by atoms with E-state index in [1.54, 1.807) is 73.7 Å². The minimum atomic E-state index is -4.08. The van der Waals surface area contributed by atoms with E-state index in [2.05, 4.69) is 27.9 Å². The molecule has 1 N–H and O–H groups in total. The second-order valence-corrected chi connectivity index (χ2v) is 12.3. The fourth-order valence-corrected chi connectivity index (χ4v) is 5.68. The summed E-state index contributed by atoms with van der Waals surface area (Å²) in [5.74, 6) is -0.860. The highest BCUT2D eigenvalue weighted by molar-refractivity contribution is 14.1. The van der Waals surface area contributed by atoms with E-state index in [0.29, 0.717) is 10.7 Å². The number of nitrogens with one attached hydrogen (secondary N) is 1. The maximum absolute atomic E-state index is 13.8. The molecule has 0 radical (unpaired) electrons. The van der Waals surface area contributed by atoms with Crippen LogP contribution in [0.2, 0.25) is 5.02 Å². The Morgan fingerprint density at radius 2 is 1.59 bits per heavy atom. The van der Waals surface area contributed by atoms with E-state index in [4.69, 9.17) is 11.6 Å². The van der Waals surface area contributed by atoms with Crippen LogP contribution < -0.4 is 9.62 Å². The van der Waals surface area contributed by atoms with Gasteiger partial charge in [0.15, 0.2) is 0 Å². The van der Waals surface area contributed by atoms with Gasteiger partial charge in [-0.25, -0.2) is 8.42 Å². The topological polar surface area (TPSA) is 86.8 Å². The maximum Gasteiger partial charge on any atom is 0.264 e. The molecule has 0 spiro atoms. The van der Waals surface area contributed by atoms with Crippen LogP contribution in [-0.2, 0) is 26.2 Å². The molecule has 2 amide bonds. The lowest BCUT2D eigenvalue weighted by atomic mass is 10.1. The van der Waals surface area contributed by atoms with Crippen molar-refractivity contribution in [3.05, 3.63) is 93.0 Å². The first-order chi connectivity index (χ1) is 17.5. The molecular weight excluding hydrogens is 625 g/mol. The van der Waals surface area contributed by atoms with Gasteiger partial charge in [-0.3, -0.25) is 13.9 Å². The molecule has 10 heteroatoms. The first-order valence-corrected chi connectivity index (χ1v) is 14.6. The van der Waals surface area contributed by atoms with E-state index in [9.17, 15) is 18.0 Å². The quantitative estimate of drug-likeness (QED) is 0.309. The van der Waals surface area contributed by atoms with Crippen molar-refractivity contribution in [2.24, 2.45) is 0 Å². The molecule has 3 rings (SSSR count). The lowest BCUT2D eigenvalue weighted by Crippen LogP contribution is -2.52. The SMILES string of the molecule is CC(C)NC(=O)[C@H](C)N(Cc1cccc(Cl)c1)C(=O)CN(c1ccc(I)cc1)S(=O)(=O)c1ccccc1. The predicted octanol–water partition coefficient (Wildman–Crippen LogP) is 5.08. The van der Waals surface area contributed by atoms with Crippen molar-refractivity contribution in [2.75, 3.05) is 10.8 Å². The summed E-state index contributed by atoms with van der Waals surface area (Å²) >= 11 is 8.28. The standard InChI is InChI=1S/C27H29ClIN3O4S/c1-19(2)30-27(34)20(3)31(17-21-8-7-9-22(28)16-21)26(33)18-32(24-14-12-23(29)13-15-24)37(35,36)25-10-5-4-6-11-25/h4-16,19-20H,17-18H2,1-3H3,(H,30,34)/t20-/m0/s1. The number of carbonyl (C=O) groups is 2. The average molecular weight is 654 g/mol. The second kappa shape index (κ2) is 12.7. The number of sulfonamides is 1. The number of hydrogen-bond donors (Lipinski definition) is 1. The molecule has 3 aromatic rings. The van der Waals surface area contributed by atoms with Crippen LogP contribution in [0, 0.1) is 3.57 Å². The molecule has 3 aromatic carbocycles. The summed E-state index contributed by atoms with van der Waals surface area (Å²) in [6.45, 7) is 4.88. The van der Waals surface area contributed by atoms with Crippen molar-refractivity contribution in [1.29, 1.82) is 0 Å². The number of halogens is 2. The highest BCUT2D eigenvalue weighted by atomic mass is 127. The van der Waals surface area contributed by atoms with Gasteiger partial charge in [0.25, 0.3) is 10.0 Å². The molecule has 0 aliphatic heterocycles. The van der Waals surface area contributed by atoms with Crippen LogP contribution in [-0.4, -0.2) is 43.8 Å². The number of hydrogen-bond acceptors (Lipinski definition) is 4. The first-order valence-electron chi connectivity index (χ1n) is 11.7. The maximum atomic E-state index is 13.8. The Labute approximate surface area is 237 Å². The normalized spacial score (nSPS) is 12.2. The van der Waals surface area contributed by atoms with Crippen LogP contribution in [0.25, 0.3) is 0 Å². The highest BCUT2D eigenvalue weighted by Crippen LogP contribution is 2.25. The minimum absolute atomic E-state index is 0.0633. The van der Waals surface area contributed by atoms with Gasteiger partial charge in [0.05, 0.1) is 10.6 Å². The Morgan fingerprint density at radius 3 is 2.19 bits per heavy atom. The largest absolute Gasteiger partial charge is 0.352 e. The van der Waals surface area contributed by atoms with Crippen molar-refractivity contribution < 1.29 is 18.0 Å². The Balaban J connectivity index is 2.01. The van der Waals surface area contributed by atoms with E-state index < -0.39 is 28.5 Å². The summed E-state index contributed by atoms with van der Waals surface area (Å²) in [6.07, 6.45) is 0. The van der Waals surface area contributed by atoms with Gasteiger partial charge in [-0.15, -0.1) is 0 Å². The molecular formula is C27H29ClIN3O4S. The van der Waals surface area contributed by atoms with E-state index in [0.717, 1.165) is 13.4 Å². The molecule has 196 valence electrons. The van der Waals surface area contributed by atoms with Gasteiger partial charge in [0, 0.05) is 21.2 Å². The number of nitrogens with zero attached hydrogens (tertiary/aromatic N) is 2. The molecule has 0 bridgehead atoms. The van der Waals surface area contributed by atoms with Gasteiger partial charge in [-0.2, -0.15) is 0 Å². The van der Waals surface area contributed by atoms with E-state index in [1.165, 1.54) is 17.0 Å². The second-order valence-electron chi connectivity index (χ2n) is 8.79. The Morgan fingerprint density at radius 1 is 0.946 bits per heavy atom. The average Bonchev–Trinajstić information content (AvgIpc) is 2.86. The fraction of sp³-hybridized carbons (Fsp3) is 0.259. The van der Waals surface area contributed by atoms with Gasteiger partial charge in [-0.05, 0) is 97.5 Å². The van der Waals surface area contributed by atoms with Crippen LogP contribution in [0.1, 0.15) is 26.3 Å². The lowest BCUT2D eigenvalue weighted by Gasteiger charge is -2.32. The zero-order valence-electron chi connectivity index (χ0n) is 20.8. The molecule has 7 nitrogen and oxygen atoms in total. The molecule has 0 unspecified atom stereocenters. The Bertz CT molecular complexity index is 1340. The smallest absolute Gasteiger partial charge is 0.264 e. The van der Waals surface area contributed by atoms with Crippen molar-refractivity contribution in [3.8, 4) is 0 Å². The van der Waals surface area contributed by atoms with Crippen LogP contribution in [0.4, 0.5) is 5.69 Å². The van der Waals surface area contributed by atoms with Crippen molar-refractivity contribution in [1.82, 2.24) is 10.2 Å². The van der Waals surface area contributed by atoms with Gasteiger partial charge >= 0.3 is 0 Å². The fourth-order valence-electron chi connectivity index (χ4n) is 3.68. The summed E-state index contributed by atoms with van der Waals surface area (Å²) in [4.78, 5) is 28.1. The van der Waals surface area contributed by atoms with E-state index in [1.807, 2.05) is 13.8 Å². The van der Waals surface area contributed by atoms with Gasteiger partial charge in [0.2, 0.25) is 11.8 Å². The summed E-state index contributed by atoms with van der Waals surface area (Å²) in [5.41, 5.74) is 1.07. The molecule has 0 heterocycles. The molecule has 0 saturated carbocycles. The summed E-state index contributed by atoms with van der Waals surface area (Å²) < 4.78 is 29.4. The molecule has 1 atom stereocenters. The molecule has 0 saturated heterocycles. The molecule has 0 aromatic heterocycles. The summed E-state index contributed by atoms with van der Waals surface area (Å²) in [7, 11) is -4.08. The van der Waals surface area contributed by atoms with Crippen LogP contribution in [0.3, 0.4) is 0 Å². The van der Waals surface area contributed by atoms with Gasteiger partial charge in [-0.1, -0.05) is 41.9 Å². The van der Waals surface area contributed by atoms with Crippen LogP contribution >= 0.6 is 34.2 Å². The number of amides is 2. The van der Waals surface area contributed by atoms with Crippen molar-refractivity contribution in [2.45, 2.75) is 44.3 Å². The number of anilines is 1. The highest BCUT2D eigenvalue weighted by Gasteiger charge is 2.32. The number of benzene rings is 3. The Hall–Kier alpha value is -2.63. The lowest BCUT2D eigenvalue weighted by molar-refractivity contribution is -0.139. The Kier molecular flexibility index (Phi) is 9.97. The molecule has 37 heavy (non-hydrogen) atoms. The van der Waals surface area contributed by atoms with Gasteiger partial charge < -0.3 is 10.2 Å². The third-order valence-electron chi connectivity index (χ3n) is 5.56.